The van der Waals surface area contributed by atoms with Gasteiger partial charge in [0, 0.05) is 5.69 Å². The molecule has 0 unspecified atom stereocenters. The Bertz CT molecular complexity index is 472. The molecule has 1 aromatic rings. The van der Waals surface area contributed by atoms with E-state index in [4.69, 9.17) is 22.1 Å². The number of aliphatic hydroxyl groups is 1. The maximum atomic E-state index is 11.7. The average molecular weight is 301 g/mol. The Morgan fingerprint density at radius 2 is 2.15 bits per heavy atom. The van der Waals surface area contributed by atoms with E-state index < -0.39 is 11.6 Å². The molecule has 0 fully saturated rings. The van der Waals surface area contributed by atoms with E-state index in [1.807, 2.05) is 0 Å². The lowest BCUT2D eigenvalue weighted by Crippen LogP contribution is -2.31. The summed E-state index contributed by atoms with van der Waals surface area (Å²) in [5, 5.41) is 12.8. The molecule has 0 spiro atoms. The molecular formula is C14H21ClN2O3. The van der Waals surface area contributed by atoms with Gasteiger partial charge in [-0.3, -0.25) is 4.79 Å². The Balaban J connectivity index is 2.63. The molecule has 1 atom stereocenters. The normalized spacial score (nSPS) is 12.8. The number of carbonyl (C=O) groups excluding carboxylic acids is 1. The standard InChI is InChI=1S/C14H21ClN2O3/c1-14(2,3)20-13(19)7-10(8-18)17-9-4-5-12(16)11(15)6-9/h4-6,10,17-18H,7-8,16H2,1-3H3/t10-/m0/s1. The Labute approximate surface area is 124 Å². The van der Waals surface area contributed by atoms with Gasteiger partial charge >= 0.3 is 5.97 Å². The first kappa shape index (κ1) is 16.6. The zero-order valence-electron chi connectivity index (χ0n) is 11.9. The summed E-state index contributed by atoms with van der Waals surface area (Å²) in [5.74, 6) is -0.370. The first-order chi connectivity index (χ1) is 9.21. The van der Waals surface area contributed by atoms with Crippen molar-refractivity contribution in [3.8, 4) is 0 Å². The first-order valence-corrected chi connectivity index (χ1v) is 6.73. The number of esters is 1. The van der Waals surface area contributed by atoms with Gasteiger partial charge in [0.2, 0.25) is 0 Å². The quantitative estimate of drug-likeness (QED) is 0.574. The number of anilines is 2. The first-order valence-electron chi connectivity index (χ1n) is 6.35. The predicted octanol–water partition coefficient (Wildman–Crippen LogP) is 2.43. The highest BCUT2D eigenvalue weighted by molar-refractivity contribution is 6.33. The van der Waals surface area contributed by atoms with E-state index in [9.17, 15) is 9.90 Å². The number of nitrogen functional groups attached to an aromatic ring is 1. The van der Waals surface area contributed by atoms with Crippen molar-refractivity contribution in [1.29, 1.82) is 0 Å². The lowest BCUT2D eigenvalue weighted by molar-refractivity contribution is -0.155. The van der Waals surface area contributed by atoms with Gasteiger partial charge in [-0.15, -0.1) is 0 Å². The second kappa shape index (κ2) is 6.81. The Hall–Kier alpha value is -1.46. The molecule has 20 heavy (non-hydrogen) atoms. The van der Waals surface area contributed by atoms with Gasteiger partial charge in [0.05, 0.1) is 29.8 Å². The molecule has 4 N–H and O–H groups in total. The molecule has 0 aliphatic carbocycles. The van der Waals surface area contributed by atoms with E-state index in [1.165, 1.54) is 0 Å². The molecule has 0 saturated heterocycles. The van der Waals surface area contributed by atoms with Gasteiger partial charge in [0.1, 0.15) is 5.60 Å². The summed E-state index contributed by atoms with van der Waals surface area (Å²) >= 11 is 5.91. The zero-order chi connectivity index (χ0) is 15.3. The molecule has 0 bridgehead atoms. The topological polar surface area (TPSA) is 84.6 Å². The maximum Gasteiger partial charge on any atom is 0.308 e. The van der Waals surface area contributed by atoms with Crippen LogP contribution >= 0.6 is 11.6 Å². The second-order valence-electron chi connectivity index (χ2n) is 5.55. The summed E-state index contributed by atoms with van der Waals surface area (Å²) in [4.78, 5) is 11.7. The second-order valence-corrected chi connectivity index (χ2v) is 5.96. The van der Waals surface area contributed by atoms with Crippen LogP contribution < -0.4 is 11.1 Å². The summed E-state index contributed by atoms with van der Waals surface area (Å²) in [6, 6.07) is 4.60. The predicted molar refractivity (Wildman–Crippen MR) is 80.8 cm³/mol. The molecule has 0 aromatic heterocycles. The Morgan fingerprint density at radius 1 is 1.50 bits per heavy atom. The fraction of sp³-hybridized carbons (Fsp3) is 0.500. The average Bonchev–Trinajstić information content (AvgIpc) is 2.30. The number of benzene rings is 1. The van der Waals surface area contributed by atoms with Crippen molar-refractivity contribution >= 4 is 28.9 Å². The third kappa shape index (κ3) is 5.67. The highest BCUT2D eigenvalue weighted by Crippen LogP contribution is 2.23. The van der Waals surface area contributed by atoms with Gasteiger partial charge < -0.3 is 20.9 Å². The van der Waals surface area contributed by atoms with E-state index in [0.29, 0.717) is 16.4 Å². The third-order valence-electron chi connectivity index (χ3n) is 2.42. The molecule has 0 radical (unpaired) electrons. The van der Waals surface area contributed by atoms with Crippen LogP contribution in [0.3, 0.4) is 0 Å². The molecule has 0 aliphatic rings. The van der Waals surface area contributed by atoms with Gasteiger partial charge in [-0.25, -0.2) is 0 Å². The molecule has 0 amide bonds. The molecule has 0 heterocycles. The van der Waals surface area contributed by atoms with Crippen LogP contribution in [0.15, 0.2) is 18.2 Å². The van der Waals surface area contributed by atoms with Crippen LogP contribution in [0.1, 0.15) is 27.2 Å². The van der Waals surface area contributed by atoms with Crippen LogP contribution in [-0.2, 0) is 9.53 Å². The van der Waals surface area contributed by atoms with Crippen molar-refractivity contribution in [2.24, 2.45) is 0 Å². The smallest absolute Gasteiger partial charge is 0.308 e. The SMILES string of the molecule is CC(C)(C)OC(=O)C[C@@H](CO)Nc1ccc(N)c(Cl)c1. The van der Waals surface area contributed by atoms with Crippen molar-refractivity contribution < 1.29 is 14.6 Å². The molecule has 0 saturated carbocycles. The minimum Gasteiger partial charge on any atom is -0.460 e. The van der Waals surface area contributed by atoms with E-state index in [2.05, 4.69) is 5.32 Å². The molecular weight excluding hydrogens is 280 g/mol. The molecule has 1 aromatic carbocycles. The summed E-state index contributed by atoms with van der Waals surface area (Å²) in [7, 11) is 0. The zero-order valence-corrected chi connectivity index (χ0v) is 12.7. The van der Waals surface area contributed by atoms with Crippen molar-refractivity contribution in [3.05, 3.63) is 23.2 Å². The summed E-state index contributed by atoms with van der Waals surface area (Å²) < 4.78 is 5.21. The number of nitrogens with two attached hydrogens (primary N) is 1. The molecule has 112 valence electrons. The van der Waals surface area contributed by atoms with Crippen LogP contribution in [-0.4, -0.2) is 29.3 Å². The van der Waals surface area contributed by atoms with E-state index >= 15 is 0 Å². The number of ether oxygens (including phenoxy) is 1. The minimum absolute atomic E-state index is 0.0652. The third-order valence-corrected chi connectivity index (χ3v) is 2.75. The Kier molecular flexibility index (Phi) is 5.65. The molecule has 1 rings (SSSR count). The molecule has 5 nitrogen and oxygen atoms in total. The van der Waals surface area contributed by atoms with Crippen LogP contribution in [0.25, 0.3) is 0 Å². The number of carbonyl (C=O) groups is 1. The van der Waals surface area contributed by atoms with Crippen molar-refractivity contribution in [3.63, 3.8) is 0 Å². The number of aliphatic hydroxyl groups excluding tert-OH is 1. The number of halogens is 1. The van der Waals surface area contributed by atoms with E-state index in [-0.39, 0.29) is 19.0 Å². The van der Waals surface area contributed by atoms with Crippen LogP contribution in [0.5, 0.6) is 0 Å². The van der Waals surface area contributed by atoms with Crippen molar-refractivity contribution in [1.82, 2.24) is 0 Å². The number of hydrogen-bond donors (Lipinski definition) is 3. The van der Waals surface area contributed by atoms with Crippen LogP contribution in [0.2, 0.25) is 5.02 Å². The van der Waals surface area contributed by atoms with Gasteiger partial charge in [-0.05, 0) is 39.0 Å². The Morgan fingerprint density at radius 3 is 2.65 bits per heavy atom. The van der Waals surface area contributed by atoms with E-state index in [0.717, 1.165) is 0 Å². The number of rotatable bonds is 5. The lowest BCUT2D eigenvalue weighted by atomic mass is 10.1. The highest BCUT2D eigenvalue weighted by Gasteiger charge is 2.20. The summed E-state index contributed by atoms with van der Waals surface area (Å²) in [6.07, 6.45) is 0.0652. The van der Waals surface area contributed by atoms with Gasteiger partial charge in [-0.2, -0.15) is 0 Å². The summed E-state index contributed by atoms with van der Waals surface area (Å²) in [5.41, 5.74) is 6.24. The van der Waals surface area contributed by atoms with Gasteiger partial charge in [-0.1, -0.05) is 11.6 Å². The highest BCUT2D eigenvalue weighted by atomic mass is 35.5. The largest absolute Gasteiger partial charge is 0.460 e. The molecule has 6 heteroatoms. The maximum absolute atomic E-state index is 11.7. The van der Waals surface area contributed by atoms with Crippen LogP contribution in [0.4, 0.5) is 11.4 Å². The monoisotopic (exact) mass is 300 g/mol. The number of nitrogens with one attached hydrogen (secondary N) is 1. The van der Waals surface area contributed by atoms with Crippen molar-refractivity contribution in [2.75, 3.05) is 17.7 Å². The van der Waals surface area contributed by atoms with Crippen LogP contribution in [0, 0.1) is 0 Å². The fourth-order valence-corrected chi connectivity index (χ4v) is 1.78. The fourth-order valence-electron chi connectivity index (χ4n) is 1.60. The minimum atomic E-state index is -0.540. The van der Waals surface area contributed by atoms with E-state index in [1.54, 1.807) is 39.0 Å². The van der Waals surface area contributed by atoms with Gasteiger partial charge in [0.25, 0.3) is 0 Å². The van der Waals surface area contributed by atoms with Gasteiger partial charge in [0.15, 0.2) is 0 Å². The molecule has 0 aliphatic heterocycles. The number of hydrogen-bond acceptors (Lipinski definition) is 5. The summed E-state index contributed by atoms with van der Waals surface area (Å²) in [6.45, 7) is 5.20. The van der Waals surface area contributed by atoms with Crippen molar-refractivity contribution in [2.45, 2.75) is 38.8 Å². The lowest BCUT2D eigenvalue weighted by Gasteiger charge is -2.22.